The van der Waals surface area contributed by atoms with Gasteiger partial charge < -0.3 is 10.4 Å². The van der Waals surface area contributed by atoms with Crippen LogP contribution in [-0.4, -0.2) is 38.3 Å². The number of aromatic amines is 1. The van der Waals surface area contributed by atoms with Crippen molar-refractivity contribution in [2.45, 2.75) is 26.3 Å². The van der Waals surface area contributed by atoms with Gasteiger partial charge in [-0.15, -0.1) is 5.10 Å². The van der Waals surface area contributed by atoms with Crippen LogP contribution in [0, 0.1) is 6.92 Å². The summed E-state index contributed by atoms with van der Waals surface area (Å²) in [6.07, 6.45) is 0. The normalized spacial score (nSPS) is 11.4. The summed E-state index contributed by atoms with van der Waals surface area (Å²) in [6.45, 7) is 5.00. The third kappa shape index (κ3) is 2.53. The smallest absolute Gasteiger partial charge is 0.291 e. The number of hydrogen-bond acceptors (Lipinski definition) is 4. The minimum atomic E-state index is -0.661. The van der Waals surface area contributed by atoms with Crippen molar-refractivity contribution in [3.05, 3.63) is 11.6 Å². The number of aliphatic hydroxyl groups excluding tert-OH is 1. The van der Waals surface area contributed by atoms with Crippen LogP contribution in [0.3, 0.4) is 0 Å². The number of aromatic nitrogens is 3. The SMILES string of the molecule is Cc1nc(C(=O)NC(C)(C)CO)n[nH]1. The second-order valence-corrected chi connectivity index (χ2v) is 3.74. The summed E-state index contributed by atoms with van der Waals surface area (Å²) in [5.74, 6) is 0.273. The average Bonchev–Trinajstić information content (AvgIpc) is 2.51. The molecule has 0 aliphatic carbocycles. The standard InChI is InChI=1S/C8H14N4O2/c1-5-9-6(12-11-5)7(14)10-8(2,3)4-13/h13H,4H2,1-3H3,(H,10,14)(H,9,11,12). The van der Waals surface area contributed by atoms with Crippen molar-refractivity contribution in [1.29, 1.82) is 0 Å². The third-order valence-electron chi connectivity index (χ3n) is 1.65. The highest BCUT2D eigenvalue weighted by Crippen LogP contribution is 2.01. The lowest BCUT2D eigenvalue weighted by Crippen LogP contribution is -2.46. The Morgan fingerprint density at radius 1 is 1.64 bits per heavy atom. The molecule has 1 heterocycles. The Labute approximate surface area is 81.7 Å². The van der Waals surface area contributed by atoms with E-state index in [1.165, 1.54) is 0 Å². The zero-order valence-electron chi connectivity index (χ0n) is 8.46. The molecule has 78 valence electrons. The zero-order valence-corrected chi connectivity index (χ0v) is 8.46. The van der Waals surface area contributed by atoms with Gasteiger partial charge in [0, 0.05) is 0 Å². The van der Waals surface area contributed by atoms with Gasteiger partial charge in [0.15, 0.2) is 0 Å². The highest BCUT2D eigenvalue weighted by Gasteiger charge is 2.22. The van der Waals surface area contributed by atoms with Gasteiger partial charge in [0.05, 0.1) is 12.1 Å². The van der Waals surface area contributed by atoms with Crippen molar-refractivity contribution in [2.24, 2.45) is 0 Å². The number of nitrogens with one attached hydrogen (secondary N) is 2. The van der Waals surface area contributed by atoms with Crippen LogP contribution in [0.4, 0.5) is 0 Å². The van der Waals surface area contributed by atoms with Gasteiger partial charge >= 0.3 is 0 Å². The molecule has 0 radical (unpaired) electrons. The lowest BCUT2D eigenvalue weighted by molar-refractivity contribution is 0.0859. The molecule has 0 fully saturated rings. The van der Waals surface area contributed by atoms with Crippen LogP contribution in [0.1, 0.15) is 30.3 Å². The Balaban J connectivity index is 2.68. The molecule has 0 unspecified atom stereocenters. The minimum Gasteiger partial charge on any atom is -0.394 e. The molecular weight excluding hydrogens is 184 g/mol. The number of nitrogens with zero attached hydrogens (tertiary/aromatic N) is 2. The van der Waals surface area contributed by atoms with Gasteiger partial charge in [-0.1, -0.05) is 0 Å². The summed E-state index contributed by atoms with van der Waals surface area (Å²) >= 11 is 0. The van der Waals surface area contributed by atoms with Gasteiger partial charge in [-0.3, -0.25) is 9.89 Å². The van der Waals surface area contributed by atoms with Crippen molar-refractivity contribution >= 4 is 5.91 Å². The fourth-order valence-electron chi connectivity index (χ4n) is 0.847. The molecule has 6 heteroatoms. The molecule has 0 aliphatic heterocycles. The fraction of sp³-hybridized carbons (Fsp3) is 0.625. The van der Waals surface area contributed by atoms with Crippen LogP contribution in [0.5, 0.6) is 0 Å². The van der Waals surface area contributed by atoms with E-state index in [-0.39, 0.29) is 12.4 Å². The zero-order chi connectivity index (χ0) is 10.8. The lowest BCUT2D eigenvalue weighted by atomic mass is 10.1. The van der Waals surface area contributed by atoms with Crippen LogP contribution >= 0.6 is 0 Å². The molecule has 0 saturated heterocycles. The van der Waals surface area contributed by atoms with E-state index in [2.05, 4.69) is 20.5 Å². The van der Waals surface area contributed by atoms with Crippen LogP contribution in [0.15, 0.2) is 0 Å². The van der Waals surface area contributed by atoms with Gasteiger partial charge in [0.1, 0.15) is 5.82 Å². The summed E-state index contributed by atoms with van der Waals surface area (Å²) in [5, 5.41) is 17.8. The highest BCUT2D eigenvalue weighted by molar-refractivity contribution is 5.90. The van der Waals surface area contributed by atoms with Gasteiger partial charge in [0.2, 0.25) is 5.82 Å². The predicted molar refractivity (Wildman–Crippen MR) is 49.8 cm³/mol. The minimum absolute atomic E-state index is 0.0871. The quantitative estimate of drug-likeness (QED) is 0.617. The monoisotopic (exact) mass is 198 g/mol. The first kappa shape index (κ1) is 10.6. The molecule has 3 N–H and O–H groups in total. The maximum absolute atomic E-state index is 11.5. The van der Waals surface area contributed by atoms with Crippen LogP contribution in [-0.2, 0) is 0 Å². The van der Waals surface area contributed by atoms with Gasteiger partial charge in [-0.25, -0.2) is 4.98 Å². The molecule has 0 spiro atoms. The Bertz CT molecular complexity index is 332. The van der Waals surface area contributed by atoms with Gasteiger partial charge in [0.25, 0.3) is 5.91 Å². The first-order valence-corrected chi connectivity index (χ1v) is 4.27. The Kier molecular flexibility index (Phi) is 2.85. The number of carbonyl (C=O) groups is 1. The first-order valence-electron chi connectivity index (χ1n) is 4.27. The number of rotatable bonds is 3. The molecule has 6 nitrogen and oxygen atoms in total. The second-order valence-electron chi connectivity index (χ2n) is 3.74. The topological polar surface area (TPSA) is 90.9 Å². The van der Waals surface area contributed by atoms with Gasteiger partial charge in [-0.2, -0.15) is 0 Å². The summed E-state index contributed by atoms with van der Waals surface area (Å²) < 4.78 is 0. The number of hydrogen-bond donors (Lipinski definition) is 3. The molecule has 0 aliphatic rings. The van der Waals surface area contributed by atoms with E-state index >= 15 is 0 Å². The maximum Gasteiger partial charge on any atom is 0.291 e. The average molecular weight is 198 g/mol. The molecule has 1 rings (SSSR count). The summed E-state index contributed by atoms with van der Waals surface area (Å²) in [6, 6.07) is 0. The largest absolute Gasteiger partial charge is 0.394 e. The number of carbonyl (C=O) groups excluding carboxylic acids is 1. The lowest BCUT2D eigenvalue weighted by Gasteiger charge is -2.22. The number of aryl methyl sites for hydroxylation is 1. The van der Waals surface area contributed by atoms with Gasteiger partial charge in [-0.05, 0) is 20.8 Å². The summed E-state index contributed by atoms with van der Waals surface area (Å²) in [7, 11) is 0. The van der Waals surface area contributed by atoms with E-state index in [9.17, 15) is 4.79 Å². The molecule has 1 aromatic rings. The van der Waals surface area contributed by atoms with Crippen molar-refractivity contribution in [3.8, 4) is 0 Å². The van der Waals surface area contributed by atoms with Crippen LogP contribution in [0.2, 0.25) is 0 Å². The van der Waals surface area contributed by atoms with E-state index < -0.39 is 11.4 Å². The fourth-order valence-corrected chi connectivity index (χ4v) is 0.847. The van der Waals surface area contributed by atoms with E-state index in [4.69, 9.17) is 5.11 Å². The molecule has 1 amide bonds. The van der Waals surface area contributed by atoms with Crippen molar-refractivity contribution in [1.82, 2.24) is 20.5 Å². The Morgan fingerprint density at radius 3 is 2.71 bits per heavy atom. The van der Waals surface area contributed by atoms with E-state index in [0.717, 1.165) is 0 Å². The molecule has 1 aromatic heterocycles. The van der Waals surface area contributed by atoms with E-state index in [0.29, 0.717) is 5.82 Å². The molecule has 14 heavy (non-hydrogen) atoms. The second kappa shape index (κ2) is 3.75. The Hall–Kier alpha value is -1.43. The highest BCUT2D eigenvalue weighted by atomic mass is 16.3. The van der Waals surface area contributed by atoms with Crippen molar-refractivity contribution < 1.29 is 9.90 Å². The van der Waals surface area contributed by atoms with E-state index in [1.807, 2.05) is 0 Å². The number of amides is 1. The molecule has 0 saturated carbocycles. The van der Waals surface area contributed by atoms with E-state index in [1.54, 1.807) is 20.8 Å². The molecular formula is C8H14N4O2. The number of aliphatic hydroxyl groups is 1. The molecule has 0 bridgehead atoms. The predicted octanol–water partition coefficient (Wildman–Crippen LogP) is -0.386. The summed E-state index contributed by atoms with van der Waals surface area (Å²) in [4.78, 5) is 15.3. The van der Waals surface area contributed by atoms with Crippen LogP contribution < -0.4 is 5.32 Å². The molecule has 0 atom stereocenters. The summed E-state index contributed by atoms with van der Waals surface area (Å²) in [5.41, 5.74) is -0.661. The van der Waals surface area contributed by atoms with Crippen molar-refractivity contribution in [3.63, 3.8) is 0 Å². The van der Waals surface area contributed by atoms with Crippen LogP contribution in [0.25, 0.3) is 0 Å². The number of H-pyrrole nitrogens is 1. The maximum atomic E-state index is 11.5. The third-order valence-corrected chi connectivity index (χ3v) is 1.65. The molecule has 0 aromatic carbocycles. The first-order chi connectivity index (χ1) is 6.44. The van der Waals surface area contributed by atoms with Crippen molar-refractivity contribution in [2.75, 3.05) is 6.61 Å². The Morgan fingerprint density at radius 2 is 2.29 bits per heavy atom.